The number of aliphatic hydroxyl groups is 2. The summed E-state index contributed by atoms with van der Waals surface area (Å²) >= 11 is 0. The van der Waals surface area contributed by atoms with Crippen molar-refractivity contribution in [1.29, 1.82) is 0 Å². The molecule has 1 heterocycles. The molecule has 0 amide bonds. The SMILES string of the molecule is Cc1cc(C)cc(OCc2noc(CN(CC(C)O)CC(C)O)n2)c1. The molecule has 0 fully saturated rings. The molecule has 0 radical (unpaired) electrons. The Hall–Kier alpha value is -1.96. The van der Waals surface area contributed by atoms with Crippen molar-refractivity contribution >= 4 is 0 Å². The Bertz CT molecular complexity index is 640. The van der Waals surface area contributed by atoms with Gasteiger partial charge in [-0.25, -0.2) is 0 Å². The van der Waals surface area contributed by atoms with E-state index >= 15 is 0 Å². The fraction of sp³-hybridized carbons (Fsp3) is 0.556. The van der Waals surface area contributed by atoms with Gasteiger partial charge >= 0.3 is 0 Å². The van der Waals surface area contributed by atoms with E-state index in [9.17, 15) is 10.2 Å². The second kappa shape index (κ2) is 8.94. The second-order valence-corrected chi connectivity index (χ2v) is 6.61. The predicted octanol–water partition coefficient (Wildman–Crippen LogP) is 1.83. The first-order valence-corrected chi connectivity index (χ1v) is 8.43. The average molecular weight is 349 g/mol. The Balaban J connectivity index is 1.93. The van der Waals surface area contributed by atoms with Crippen LogP contribution in [0, 0.1) is 13.8 Å². The predicted molar refractivity (Wildman–Crippen MR) is 93.2 cm³/mol. The highest BCUT2D eigenvalue weighted by atomic mass is 16.5. The molecule has 7 heteroatoms. The minimum Gasteiger partial charge on any atom is -0.485 e. The van der Waals surface area contributed by atoms with Crippen molar-refractivity contribution < 1.29 is 19.5 Å². The molecule has 0 aliphatic heterocycles. The lowest BCUT2D eigenvalue weighted by Gasteiger charge is -2.23. The maximum Gasteiger partial charge on any atom is 0.240 e. The van der Waals surface area contributed by atoms with Crippen LogP contribution in [-0.2, 0) is 13.2 Å². The summed E-state index contributed by atoms with van der Waals surface area (Å²) in [6.07, 6.45) is -1.01. The van der Waals surface area contributed by atoms with Gasteiger partial charge in [-0.1, -0.05) is 11.2 Å². The van der Waals surface area contributed by atoms with Crippen LogP contribution in [-0.4, -0.2) is 50.6 Å². The zero-order chi connectivity index (χ0) is 18.4. The van der Waals surface area contributed by atoms with Gasteiger partial charge in [-0.15, -0.1) is 0 Å². The molecule has 2 N–H and O–H groups in total. The Kier molecular flexibility index (Phi) is 6.92. The first kappa shape index (κ1) is 19.4. The topological polar surface area (TPSA) is 91.9 Å². The van der Waals surface area contributed by atoms with Gasteiger partial charge in [0.15, 0.2) is 6.61 Å². The summed E-state index contributed by atoms with van der Waals surface area (Å²) in [5, 5.41) is 23.1. The van der Waals surface area contributed by atoms with E-state index in [0.29, 0.717) is 31.3 Å². The van der Waals surface area contributed by atoms with Crippen LogP contribution in [0.2, 0.25) is 0 Å². The van der Waals surface area contributed by atoms with Crippen LogP contribution in [0.4, 0.5) is 0 Å². The van der Waals surface area contributed by atoms with Gasteiger partial charge in [0.05, 0.1) is 18.8 Å². The van der Waals surface area contributed by atoms with E-state index in [4.69, 9.17) is 9.26 Å². The van der Waals surface area contributed by atoms with Gasteiger partial charge in [0.1, 0.15) is 5.75 Å². The van der Waals surface area contributed by atoms with E-state index in [1.54, 1.807) is 13.8 Å². The number of benzene rings is 1. The molecule has 138 valence electrons. The van der Waals surface area contributed by atoms with Crippen LogP contribution >= 0.6 is 0 Å². The molecule has 1 aromatic carbocycles. The summed E-state index contributed by atoms with van der Waals surface area (Å²) in [7, 11) is 0. The molecule has 25 heavy (non-hydrogen) atoms. The highest BCUT2D eigenvalue weighted by molar-refractivity contribution is 5.32. The number of hydrogen-bond acceptors (Lipinski definition) is 7. The van der Waals surface area contributed by atoms with Gasteiger partial charge in [0, 0.05) is 13.1 Å². The molecule has 1 aromatic heterocycles. The van der Waals surface area contributed by atoms with Crippen LogP contribution < -0.4 is 4.74 Å². The van der Waals surface area contributed by atoms with Crippen molar-refractivity contribution in [3.8, 4) is 5.75 Å². The molecule has 0 aliphatic carbocycles. The first-order valence-electron chi connectivity index (χ1n) is 8.43. The molecule has 2 rings (SSSR count). The number of hydrogen-bond donors (Lipinski definition) is 2. The normalized spacial score (nSPS) is 13.9. The highest BCUT2D eigenvalue weighted by Gasteiger charge is 2.16. The fourth-order valence-electron chi connectivity index (χ4n) is 2.72. The largest absolute Gasteiger partial charge is 0.485 e. The summed E-state index contributed by atoms with van der Waals surface area (Å²) in [5.74, 6) is 1.66. The quantitative estimate of drug-likeness (QED) is 0.713. The van der Waals surface area contributed by atoms with Crippen molar-refractivity contribution in [2.45, 2.75) is 53.1 Å². The summed E-state index contributed by atoms with van der Waals surface area (Å²) < 4.78 is 11.0. The molecule has 2 aromatic rings. The van der Waals surface area contributed by atoms with E-state index in [2.05, 4.69) is 16.2 Å². The third kappa shape index (κ3) is 6.81. The van der Waals surface area contributed by atoms with Crippen molar-refractivity contribution in [3.05, 3.63) is 41.0 Å². The summed E-state index contributed by atoms with van der Waals surface area (Å²) in [6.45, 7) is 8.86. The standard InChI is InChI=1S/C18H27N3O4/c1-12-5-13(2)7-16(6-12)24-11-17-19-18(25-20-17)10-21(8-14(3)22)9-15(4)23/h5-7,14-15,22-23H,8-11H2,1-4H3. The summed E-state index contributed by atoms with van der Waals surface area (Å²) in [5.41, 5.74) is 2.27. The number of aromatic nitrogens is 2. The fourth-order valence-corrected chi connectivity index (χ4v) is 2.72. The minimum absolute atomic E-state index is 0.221. The smallest absolute Gasteiger partial charge is 0.240 e. The average Bonchev–Trinajstić information content (AvgIpc) is 2.90. The zero-order valence-corrected chi connectivity index (χ0v) is 15.3. The summed E-state index contributed by atoms with van der Waals surface area (Å²) in [6, 6.07) is 6.00. The molecule has 0 aliphatic rings. The third-order valence-corrected chi connectivity index (χ3v) is 3.48. The Morgan fingerprint density at radius 2 is 1.68 bits per heavy atom. The Labute approximate surface area is 148 Å². The van der Waals surface area contributed by atoms with E-state index < -0.39 is 12.2 Å². The Morgan fingerprint density at radius 1 is 1.08 bits per heavy atom. The highest BCUT2D eigenvalue weighted by Crippen LogP contribution is 2.17. The van der Waals surface area contributed by atoms with Crippen molar-refractivity contribution in [1.82, 2.24) is 15.0 Å². The van der Waals surface area contributed by atoms with Crippen molar-refractivity contribution in [2.24, 2.45) is 0 Å². The van der Waals surface area contributed by atoms with Crippen LogP contribution in [0.1, 0.15) is 36.7 Å². The van der Waals surface area contributed by atoms with E-state index in [1.165, 1.54) is 0 Å². The number of aliphatic hydroxyl groups excluding tert-OH is 2. The molecule has 0 spiro atoms. The second-order valence-electron chi connectivity index (χ2n) is 6.61. The van der Waals surface area contributed by atoms with Crippen LogP contribution in [0.3, 0.4) is 0 Å². The van der Waals surface area contributed by atoms with Crippen LogP contribution in [0.25, 0.3) is 0 Å². The third-order valence-electron chi connectivity index (χ3n) is 3.48. The Morgan fingerprint density at radius 3 is 2.24 bits per heavy atom. The number of nitrogens with zero attached hydrogens (tertiary/aromatic N) is 3. The van der Waals surface area contributed by atoms with E-state index in [0.717, 1.165) is 16.9 Å². The van der Waals surface area contributed by atoms with E-state index in [1.807, 2.05) is 30.9 Å². The molecular formula is C18H27N3O4. The molecule has 0 saturated heterocycles. The van der Waals surface area contributed by atoms with Crippen LogP contribution in [0.5, 0.6) is 5.75 Å². The lowest BCUT2D eigenvalue weighted by molar-refractivity contribution is 0.0731. The first-order chi connectivity index (χ1) is 11.8. The maximum atomic E-state index is 9.56. The van der Waals surface area contributed by atoms with Gasteiger partial charge in [-0.2, -0.15) is 4.98 Å². The van der Waals surface area contributed by atoms with Gasteiger partial charge in [-0.3, -0.25) is 4.90 Å². The maximum absolute atomic E-state index is 9.56. The molecular weight excluding hydrogens is 322 g/mol. The van der Waals surface area contributed by atoms with E-state index in [-0.39, 0.29) is 6.61 Å². The van der Waals surface area contributed by atoms with Gasteiger partial charge < -0.3 is 19.5 Å². The summed E-state index contributed by atoms with van der Waals surface area (Å²) in [4.78, 5) is 6.19. The minimum atomic E-state index is -0.506. The number of ether oxygens (including phenoxy) is 1. The number of rotatable bonds is 9. The monoisotopic (exact) mass is 349 g/mol. The molecule has 7 nitrogen and oxygen atoms in total. The van der Waals surface area contributed by atoms with Gasteiger partial charge in [0.2, 0.25) is 11.7 Å². The molecule has 2 atom stereocenters. The number of aryl methyl sites for hydroxylation is 2. The molecule has 2 unspecified atom stereocenters. The lowest BCUT2D eigenvalue weighted by atomic mass is 10.1. The van der Waals surface area contributed by atoms with Gasteiger partial charge in [-0.05, 0) is 51.0 Å². The van der Waals surface area contributed by atoms with Gasteiger partial charge in [0.25, 0.3) is 0 Å². The lowest BCUT2D eigenvalue weighted by Crippen LogP contribution is -2.35. The van der Waals surface area contributed by atoms with Crippen molar-refractivity contribution in [3.63, 3.8) is 0 Å². The molecule has 0 bridgehead atoms. The van der Waals surface area contributed by atoms with Crippen molar-refractivity contribution in [2.75, 3.05) is 13.1 Å². The zero-order valence-electron chi connectivity index (χ0n) is 15.3. The van der Waals surface area contributed by atoms with Crippen LogP contribution in [0.15, 0.2) is 22.7 Å². The molecule has 0 saturated carbocycles.